The van der Waals surface area contributed by atoms with Gasteiger partial charge in [0.1, 0.15) is 0 Å². The number of nitrogens with zero attached hydrogens (tertiary/aromatic N) is 1. The van der Waals surface area contributed by atoms with Crippen molar-refractivity contribution in [3.05, 3.63) is 58.1 Å². The number of hydrogen-bond donors (Lipinski definition) is 1. The van der Waals surface area contributed by atoms with E-state index in [2.05, 4.69) is 31.3 Å². The first kappa shape index (κ1) is 19.4. The summed E-state index contributed by atoms with van der Waals surface area (Å²) in [5, 5.41) is 3.51. The largest absolute Gasteiger partial charge is 0.326 e. The molecule has 27 heavy (non-hydrogen) atoms. The molecule has 2 aromatic carbocycles. The monoisotopic (exact) mass is 384 g/mol. The SMILES string of the molecule is CCc1cccc(CC)c1N1C[C@H](C(=O)Nc2ccc(C)c(Cl)c2)CC1=O. The third-order valence-electron chi connectivity index (χ3n) is 5.17. The Bertz CT molecular complexity index is 856. The minimum absolute atomic E-state index is 0.00712. The van der Waals surface area contributed by atoms with E-state index in [1.165, 1.54) is 0 Å². The lowest BCUT2D eigenvalue weighted by Gasteiger charge is -2.23. The van der Waals surface area contributed by atoms with Crippen molar-refractivity contribution >= 4 is 34.8 Å². The molecule has 1 aliphatic heterocycles. The van der Waals surface area contributed by atoms with E-state index in [-0.39, 0.29) is 24.2 Å². The molecule has 1 atom stereocenters. The van der Waals surface area contributed by atoms with Crippen molar-refractivity contribution in [3.63, 3.8) is 0 Å². The number of aryl methyl sites for hydroxylation is 3. The Hall–Kier alpha value is -2.33. The lowest BCUT2D eigenvalue weighted by molar-refractivity contribution is -0.122. The van der Waals surface area contributed by atoms with Crippen LogP contribution in [0.1, 0.15) is 37.0 Å². The molecule has 1 N–H and O–H groups in total. The average Bonchev–Trinajstić information content (AvgIpc) is 3.05. The molecule has 0 bridgehead atoms. The van der Waals surface area contributed by atoms with E-state index in [0.29, 0.717) is 17.3 Å². The fourth-order valence-electron chi connectivity index (χ4n) is 3.58. The second-order valence-corrected chi connectivity index (χ2v) is 7.40. The lowest BCUT2D eigenvalue weighted by Crippen LogP contribution is -2.29. The Kier molecular flexibility index (Phi) is 5.85. The molecule has 0 aliphatic carbocycles. The highest BCUT2D eigenvalue weighted by molar-refractivity contribution is 6.31. The molecular formula is C22H25ClN2O2. The summed E-state index contributed by atoms with van der Waals surface area (Å²) in [6, 6.07) is 11.6. The van der Waals surface area contributed by atoms with Crippen LogP contribution in [0.4, 0.5) is 11.4 Å². The first-order chi connectivity index (χ1) is 12.9. The topological polar surface area (TPSA) is 49.4 Å². The smallest absolute Gasteiger partial charge is 0.229 e. The number of anilines is 2. The van der Waals surface area contributed by atoms with Gasteiger partial charge < -0.3 is 10.2 Å². The van der Waals surface area contributed by atoms with Crippen LogP contribution in [0.15, 0.2) is 36.4 Å². The van der Waals surface area contributed by atoms with Gasteiger partial charge in [0, 0.05) is 29.4 Å². The average molecular weight is 385 g/mol. The van der Waals surface area contributed by atoms with E-state index in [9.17, 15) is 9.59 Å². The van der Waals surface area contributed by atoms with Gasteiger partial charge in [-0.25, -0.2) is 0 Å². The highest BCUT2D eigenvalue weighted by Crippen LogP contribution is 2.33. The summed E-state index contributed by atoms with van der Waals surface area (Å²) in [5.41, 5.74) is 4.90. The highest BCUT2D eigenvalue weighted by Gasteiger charge is 2.36. The van der Waals surface area contributed by atoms with Gasteiger partial charge in [-0.1, -0.05) is 49.7 Å². The maximum absolute atomic E-state index is 12.7. The number of benzene rings is 2. The Balaban J connectivity index is 1.79. The maximum Gasteiger partial charge on any atom is 0.229 e. The maximum atomic E-state index is 12.7. The molecule has 0 radical (unpaired) electrons. The molecule has 1 saturated heterocycles. The lowest BCUT2D eigenvalue weighted by atomic mass is 10.0. The van der Waals surface area contributed by atoms with Crippen LogP contribution in [0.2, 0.25) is 5.02 Å². The minimum Gasteiger partial charge on any atom is -0.326 e. The quantitative estimate of drug-likeness (QED) is 0.807. The molecule has 0 aromatic heterocycles. The van der Waals surface area contributed by atoms with Gasteiger partial charge in [0.25, 0.3) is 0 Å². The summed E-state index contributed by atoms with van der Waals surface area (Å²) >= 11 is 6.14. The van der Waals surface area contributed by atoms with Gasteiger partial charge in [-0.15, -0.1) is 0 Å². The van der Waals surface area contributed by atoms with Crippen molar-refractivity contribution in [1.82, 2.24) is 0 Å². The van der Waals surface area contributed by atoms with E-state index in [0.717, 1.165) is 35.2 Å². The van der Waals surface area contributed by atoms with Crippen molar-refractivity contribution < 1.29 is 9.59 Å². The summed E-state index contributed by atoms with van der Waals surface area (Å²) < 4.78 is 0. The Morgan fingerprint density at radius 2 is 1.85 bits per heavy atom. The summed E-state index contributed by atoms with van der Waals surface area (Å²) in [5.74, 6) is -0.502. The van der Waals surface area contributed by atoms with Gasteiger partial charge >= 0.3 is 0 Å². The number of para-hydroxylation sites is 1. The second kappa shape index (κ2) is 8.13. The van der Waals surface area contributed by atoms with Crippen molar-refractivity contribution in [2.24, 2.45) is 5.92 Å². The third-order valence-corrected chi connectivity index (χ3v) is 5.58. The van der Waals surface area contributed by atoms with Gasteiger partial charge in [-0.05, 0) is 48.6 Å². The van der Waals surface area contributed by atoms with Crippen molar-refractivity contribution in [2.45, 2.75) is 40.0 Å². The zero-order valence-corrected chi connectivity index (χ0v) is 16.8. The molecule has 1 aliphatic rings. The van der Waals surface area contributed by atoms with Gasteiger partial charge in [0.2, 0.25) is 11.8 Å². The van der Waals surface area contributed by atoms with Crippen LogP contribution in [-0.2, 0) is 22.4 Å². The highest BCUT2D eigenvalue weighted by atomic mass is 35.5. The van der Waals surface area contributed by atoms with Gasteiger partial charge in [-0.3, -0.25) is 9.59 Å². The normalized spacial score (nSPS) is 16.7. The molecule has 0 saturated carbocycles. The summed E-state index contributed by atoms with van der Waals surface area (Å²) in [6.45, 7) is 6.50. The molecule has 142 valence electrons. The predicted molar refractivity (Wildman–Crippen MR) is 110 cm³/mol. The molecule has 3 rings (SSSR count). The van der Waals surface area contributed by atoms with E-state index >= 15 is 0 Å². The molecule has 4 nitrogen and oxygen atoms in total. The molecule has 0 spiro atoms. The fourth-order valence-corrected chi connectivity index (χ4v) is 3.76. The van der Waals surface area contributed by atoms with Gasteiger partial charge in [0.05, 0.1) is 5.92 Å². The molecule has 5 heteroatoms. The number of carbonyl (C=O) groups is 2. The van der Waals surface area contributed by atoms with Crippen LogP contribution in [0.5, 0.6) is 0 Å². The Labute approximate surface area is 165 Å². The van der Waals surface area contributed by atoms with Crippen LogP contribution in [-0.4, -0.2) is 18.4 Å². The summed E-state index contributed by atoms with van der Waals surface area (Å²) in [4.78, 5) is 27.2. The van der Waals surface area contributed by atoms with Crippen LogP contribution in [0, 0.1) is 12.8 Å². The Morgan fingerprint density at radius 1 is 1.19 bits per heavy atom. The molecule has 1 heterocycles. The van der Waals surface area contributed by atoms with Crippen molar-refractivity contribution in [2.75, 3.05) is 16.8 Å². The molecule has 2 amide bonds. The van der Waals surface area contributed by atoms with E-state index < -0.39 is 0 Å². The number of amides is 2. The van der Waals surface area contributed by atoms with E-state index in [1.54, 1.807) is 11.0 Å². The molecular weight excluding hydrogens is 360 g/mol. The number of halogens is 1. The first-order valence-corrected chi connectivity index (χ1v) is 9.80. The summed E-state index contributed by atoms with van der Waals surface area (Å²) in [7, 11) is 0. The molecule has 1 fully saturated rings. The van der Waals surface area contributed by atoms with Crippen molar-refractivity contribution in [3.8, 4) is 0 Å². The van der Waals surface area contributed by atoms with Crippen molar-refractivity contribution in [1.29, 1.82) is 0 Å². The van der Waals surface area contributed by atoms with Gasteiger partial charge in [-0.2, -0.15) is 0 Å². The predicted octanol–water partition coefficient (Wildman–Crippen LogP) is 4.76. The van der Waals surface area contributed by atoms with Gasteiger partial charge in [0.15, 0.2) is 0 Å². The number of hydrogen-bond acceptors (Lipinski definition) is 2. The molecule has 2 aromatic rings. The number of carbonyl (C=O) groups excluding carboxylic acids is 2. The van der Waals surface area contributed by atoms with Crippen LogP contribution in [0.3, 0.4) is 0 Å². The molecule has 0 unspecified atom stereocenters. The van der Waals surface area contributed by atoms with E-state index in [1.807, 2.05) is 25.1 Å². The van der Waals surface area contributed by atoms with Crippen LogP contribution in [0.25, 0.3) is 0 Å². The number of rotatable bonds is 5. The van der Waals surface area contributed by atoms with E-state index in [4.69, 9.17) is 11.6 Å². The third kappa shape index (κ3) is 4.01. The van der Waals surface area contributed by atoms with Crippen LogP contribution < -0.4 is 10.2 Å². The Morgan fingerprint density at radius 3 is 2.44 bits per heavy atom. The second-order valence-electron chi connectivity index (χ2n) is 6.99. The van der Waals surface area contributed by atoms with Crippen LogP contribution >= 0.6 is 11.6 Å². The summed E-state index contributed by atoms with van der Waals surface area (Å²) in [6.07, 6.45) is 1.93. The first-order valence-electron chi connectivity index (χ1n) is 9.42. The number of nitrogens with one attached hydrogen (secondary N) is 1. The fraction of sp³-hybridized carbons (Fsp3) is 0.364. The zero-order valence-electron chi connectivity index (χ0n) is 16.0. The minimum atomic E-state index is -0.368. The zero-order chi connectivity index (χ0) is 19.6. The standard InChI is InChI=1S/C22H25ClN2O2/c1-4-15-7-6-8-16(5-2)21(15)25-13-17(11-20(25)26)22(27)24-18-10-9-14(3)19(23)12-18/h6-10,12,17H,4-5,11,13H2,1-3H3,(H,24,27)/t17-/m1/s1.